The van der Waals surface area contributed by atoms with Gasteiger partial charge in [-0.2, -0.15) is 0 Å². The molecule has 3 rings (SSSR count). The van der Waals surface area contributed by atoms with Gasteiger partial charge in [0, 0.05) is 23.3 Å². The molecule has 0 saturated heterocycles. The van der Waals surface area contributed by atoms with E-state index in [0.29, 0.717) is 16.1 Å². The normalized spacial score (nSPS) is 10.3. The van der Waals surface area contributed by atoms with E-state index in [1.807, 2.05) is 0 Å². The smallest absolute Gasteiger partial charge is 0.341 e. The summed E-state index contributed by atoms with van der Waals surface area (Å²) in [7, 11) is 1.25. The number of ether oxygens (including phenoxy) is 1. The SMILES string of the molecule is COC(=O)c1c(-c2ccc(F)cc2)csc1NC(=O)c1cnccn1. The lowest BCUT2D eigenvalue weighted by Gasteiger charge is -2.07. The molecule has 1 amide bonds. The molecule has 0 spiro atoms. The Hall–Kier alpha value is -3.13. The number of carbonyl (C=O) groups excluding carboxylic acids is 2. The van der Waals surface area contributed by atoms with Crippen molar-refractivity contribution in [2.45, 2.75) is 0 Å². The van der Waals surface area contributed by atoms with Crippen LogP contribution in [0.15, 0.2) is 48.2 Å². The van der Waals surface area contributed by atoms with E-state index < -0.39 is 11.9 Å². The number of amides is 1. The van der Waals surface area contributed by atoms with Crippen LogP contribution >= 0.6 is 11.3 Å². The maximum Gasteiger partial charge on any atom is 0.341 e. The zero-order valence-electron chi connectivity index (χ0n) is 13.0. The van der Waals surface area contributed by atoms with Gasteiger partial charge in [0.2, 0.25) is 0 Å². The standard InChI is InChI=1S/C17H12FN3O3S/c1-24-17(23)14-12(10-2-4-11(18)5-3-10)9-25-16(14)21-15(22)13-8-19-6-7-20-13/h2-9H,1H3,(H,21,22). The molecular weight excluding hydrogens is 345 g/mol. The Labute approximate surface area is 146 Å². The molecule has 0 aliphatic heterocycles. The molecule has 25 heavy (non-hydrogen) atoms. The van der Waals surface area contributed by atoms with E-state index in [4.69, 9.17) is 4.74 Å². The van der Waals surface area contributed by atoms with Crippen LogP contribution in [0.5, 0.6) is 0 Å². The van der Waals surface area contributed by atoms with Gasteiger partial charge in [0.05, 0.1) is 13.3 Å². The second-order valence-corrected chi connectivity index (χ2v) is 5.78. The molecule has 2 aromatic heterocycles. The second-order valence-electron chi connectivity index (χ2n) is 4.90. The Morgan fingerprint density at radius 3 is 2.60 bits per heavy atom. The number of hydrogen-bond acceptors (Lipinski definition) is 6. The largest absolute Gasteiger partial charge is 0.465 e. The Kier molecular flexibility index (Phi) is 4.80. The van der Waals surface area contributed by atoms with Crippen LogP contribution in [0.4, 0.5) is 9.39 Å². The highest BCUT2D eigenvalue weighted by Gasteiger charge is 2.23. The number of nitrogens with zero attached hydrogens (tertiary/aromatic N) is 2. The number of halogens is 1. The Morgan fingerprint density at radius 2 is 1.96 bits per heavy atom. The lowest BCUT2D eigenvalue weighted by atomic mass is 10.0. The fourth-order valence-electron chi connectivity index (χ4n) is 2.18. The van der Waals surface area contributed by atoms with Gasteiger partial charge in [0.1, 0.15) is 22.1 Å². The molecule has 1 aromatic carbocycles. The first kappa shape index (κ1) is 16.7. The number of thiophene rings is 1. The average molecular weight is 357 g/mol. The monoisotopic (exact) mass is 357 g/mol. The lowest BCUT2D eigenvalue weighted by Crippen LogP contribution is -2.15. The first-order valence-corrected chi connectivity index (χ1v) is 8.01. The summed E-state index contributed by atoms with van der Waals surface area (Å²) in [5.74, 6) is -1.48. The molecule has 0 atom stereocenters. The topological polar surface area (TPSA) is 81.2 Å². The fourth-order valence-corrected chi connectivity index (χ4v) is 3.13. The van der Waals surface area contributed by atoms with Gasteiger partial charge in [-0.15, -0.1) is 11.3 Å². The molecular formula is C17H12FN3O3S. The molecule has 0 unspecified atom stereocenters. The summed E-state index contributed by atoms with van der Waals surface area (Å²) in [6.45, 7) is 0. The number of nitrogens with one attached hydrogen (secondary N) is 1. The minimum atomic E-state index is -0.602. The average Bonchev–Trinajstić information content (AvgIpc) is 3.06. The fraction of sp³-hybridized carbons (Fsp3) is 0.0588. The minimum Gasteiger partial charge on any atom is -0.465 e. The molecule has 0 aliphatic rings. The van der Waals surface area contributed by atoms with Crippen molar-refractivity contribution in [3.63, 3.8) is 0 Å². The van der Waals surface area contributed by atoms with E-state index >= 15 is 0 Å². The van der Waals surface area contributed by atoms with Crippen LogP contribution in [0.25, 0.3) is 11.1 Å². The number of anilines is 1. The summed E-state index contributed by atoms with van der Waals surface area (Å²) in [6.07, 6.45) is 4.17. The van der Waals surface area contributed by atoms with E-state index in [9.17, 15) is 14.0 Å². The van der Waals surface area contributed by atoms with E-state index in [1.54, 1.807) is 17.5 Å². The van der Waals surface area contributed by atoms with Crippen molar-refractivity contribution < 1.29 is 18.7 Å². The summed E-state index contributed by atoms with van der Waals surface area (Å²) in [5.41, 5.74) is 1.51. The highest BCUT2D eigenvalue weighted by Crippen LogP contribution is 2.36. The van der Waals surface area contributed by atoms with Crippen molar-refractivity contribution in [2.75, 3.05) is 12.4 Å². The molecule has 0 radical (unpaired) electrons. The highest BCUT2D eigenvalue weighted by atomic mass is 32.1. The highest BCUT2D eigenvalue weighted by molar-refractivity contribution is 7.15. The van der Waals surface area contributed by atoms with Gasteiger partial charge in [-0.05, 0) is 17.7 Å². The quantitative estimate of drug-likeness (QED) is 0.724. The lowest BCUT2D eigenvalue weighted by molar-refractivity contribution is 0.0603. The maximum absolute atomic E-state index is 13.1. The van der Waals surface area contributed by atoms with E-state index in [-0.39, 0.29) is 17.1 Å². The van der Waals surface area contributed by atoms with Crippen molar-refractivity contribution in [3.8, 4) is 11.1 Å². The molecule has 8 heteroatoms. The number of esters is 1. The van der Waals surface area contributed by atoms with E-state index in [2.05, 4.69) is 15.3 Å². The summed E-state index contributed by atoms with van der Waals surface area (Å²) in [4.78, 5) is 32.2. The number of aromatic nitrogens is 2. The van der Waals surface area contributed by atoms with Gasteiger partial charge in [0.25, 0.3) is 5.91 Å². The third-order valence-electron chi connectivity index (χ3n) is 3.36. The summed E-state index contributed by atoms with van der Waals surface area (Å²) >= 11 is 1.17. The van der Waals surface area contributed by atoms with Crippen molar-refractivity contribution >= 4 is 28.2 Å². The van der Waals surface area contributed by atoms with Gasteiger partial charge >= 0.3 is 5.97 Å². The Balaban J connectivity index is 1.98. The van der Waals surface area contributed by atoms with Crippen LogP contribution in [-0.4, -0.2) is 29.0 Å². The van der Waals surface area contributed by atoms with Gasteiger partial charge in [-0.3, -0.25) is 9.78 Å². The molecule has 1 N–H and O–H groups in total. The van der Waals surface area contributed by atoms with Crippen molar-refractivity contribution in [3.05, 3.63) is 65.3 Å². The third-order valence-corrected chi connectivity index (χ3v) is 4.25. The summed E-state index contributed by atoms with van der Waals surface area (Å²) in [6, 6.07) is 5.70. The first-order valence-electron chi connectivity index (χ1n) is 7.13. The van der Waals surface area contributed by atoms with Crippen LogP contribution in [-0.2, 0) is 4.74 Å². The molecule has 0 fully saturated rings. The molecule has 6 nitrogen and oxygen atoms in total. The molecule has 0 aliphatic carbocycles. The van der Waals surface area contributed by atoms with Crippen molar-refractivity contribution in [2.24, 2.45) is 0 Å². The first-order chi connectivity index (χ1) is 12.1. The predicted octanol–water partition coefficient (Wildman–Crippen LogP) is 3.38. The van der Waals surface area contributed by atoms with Gasteiger partial charge in [-0.25, -0.2) is 14.2 Å². The van der Waals surface area contributed by atoms with Crippen molar-refractivity contribution in [1.29, 1.82) is 0 Å². The second kappa shape index (κ2) is 7.18. The summed E-state index contributed by atoms with van der Waals surface area (Å²) in [5, 5.41) is 4.67. The number of benzene rings is 1. The van der Waals surface area contributed by atoms with Crippen LogP contribution < -0.4 is 5.32 Å². The predicted molar refractivity (Wildman–Crippen MR) is 91.0 cm³/mol. The number of carbonyl (C=O) groups is 2. The van der Waals surface area contributed by atoms with Crippen LogP contribution in [0, 0.1) is 5.82 Å². The molecule has 126 valence electrons. The summed E-state index contributed by atoms with van der Waals surface area (Å²) < 4.78 is 18.0. The molecule has 0 bridgehead atoms. The maximum atomic E-state index is 13.1. The van der Waals surface area contributed by atoms with Crippen LogP contribution in [0.1, 0.15) is 20.8 Å². The van der Waals surface area contributed by atoms with Gasteiger partial charge in [-0.1, -0.05) is 12.1 Å². The van der Waals surface area contributed by atoms with Crippen LogP contribution in [0.2, 0.25) is 0 Å². The minimum absolute atomic E-state index is 0.120. The van der Waals surface area contributed by atoms with E-state index in [0.717, 1.165) is 0 Å². The number of hydrogen-bond donors (Lipinski definition) is 1. The third kappa shape index (κ3) is 3.53. The Morgan fingerprint density at radius 1 is 1.20 bits per heavy atom. The molecule has 2 heterocycles. The number of rotatable bonds is 4. The van der Waals surface area contributed by atoms with Crippen LogP contribution in [0.3, 0.4) is 0 Å². The zero-order chi connectivity index (χ0) is 17.8. The number of methoxy groups -OCH3 is 1. The molecule has 3 aromatic rings. The van der Waals surface area contributed by atoms with Gasteiger partial charge in [0.15, 0.2) is 0 Å². The van der Waals surface area contributed by atoms with Crippen molar-refractivity contribution in [1.82, 2.24) is 9.97 Å². The molecule has 0 saturated carbocycles. The van der Waals surface area contributed by atoms with E-state index in [1.165, 1.54) is 49.2 Å². The Bertz CT molecular complexity index is 911. The zero-order valence-corrected chi connectivity index (χ0v) is 13.8. The van der Waals surface area contributed by atoms with Gasteiger partial charge < -0.3 is 10.1 Å².